The molecule has 1 heterocycles. The number of amides is 1. The van der Waals surface area contributed by atoms with Crippen LogP contribution in [0.25, 0.3) is 0 Å². The topological polar surface area (TPSA) is 20.3 Å². The Kier molecular flexibility index (Phi) is 10.4. The van der Waals surface area contributed by atoms with Crippen molar-refractivity contribution in [1.82, 2.24) is 4.90 Å². The molecule has 20 heavy (non-hydrogen) atoms. The molecule has 2 nitrogen and oxygen atoms in total. The van der Waals surface area contributed by atoms with Crippen molar-refractivity contribution in [1.29, 1.82) is 0 Å². The van der Waals surface area contributed by atoms with E-state index in [1.54, 1.807) is 0 Å². The molecule has 0 aliphatic carbocycles. The van der Waals surface area contributed by atoms with Gasteiger partial charge in [0.1, 0.15) is 0 Å². The Bertz CT molecular complexity index is 257. The van der Waals surface area contributed by atoms with Crippen molar-refractivity contribution in [2.75, 3.05) is 18.4 Å². The molecule has 0 spiro atoms. The minimum Gasteiger partial charge on any atom is -0.342 e. The maximum Gasteiger partial charge on any atom is 0.222 e. The third kappa shape index (κ3) is 7.66. The van der Waals surface area contributed by atoms with Gasteiger partial charge in [0.25, 0.3) is 0 Å². The number of rotatable bonds is 12. The first-order valence-electron chi connectivity index (χ1n) is 8.61. The van der Waals surface area contributed by atoms with Crippen LogP contribution in [0.1, 0.15) is 77.6 Å². The summed E-state index contributed by atoms with van der Waals surface area (Å²) in [6.07, 6.45) is 14.4. The molecule has 0 bridgehead atoms. The summed E-state index contributed by atoms with van der Waals surface area (Å²) in [6.45, 7) is 4.23. The number of alkyl halides is 1. The van der Waals surface area contributed by atoms with Crippen molar-refractivity contribution in [3.05, 3.63) is 0 Å². The van der Waals surface area contributed by atoms with Crippen LogP contribution in [0, 0.1) is 5.92 Å². The molecule has 0 aromatic heterocycles. The Morgan fingerprint density at radius 1 is 1.00 bits per heavy atom. The van der Waals surface area contributed by atoms with Crippen molar-refractivity contribution in [2.45, 2.75) is 77.6 Å². The zero-order valence-electron chi connectivity index (χ0n) is 13.2. The summed E-state index contributed by atoms with van der Waals surface area (Å²) in [5.41, 5.74) is 0. The lowest BCUT2D eigenvalue weighted by molar-refractivity contribution is -0.127. The van der Waals surface area contributed by atoms with E-state index in [2.05, 4.69) is 27.8 Å². The summed E-state index contributed by atoms with van der Waals surface area (Å²) >= 11 is 3.48. The maximum absolute atomic E-state index is 11.7. The third-order valence-electron chi connectivity index (χ3n) is 4.29. The molecular weight excluding hydrogens is 314 g/mol. The van der Waals surface area contributed by atoms with E-state index in [1.807, 2.05) is 0 Å². The first-order valence-corrected chi connectivity index (χ1v) is 9.73. The number of carbonyl (C=O) groups is 1. The SMILES string of the molecule is CCCCCCCCCCCCN1CC(CBr)CC1=O. The van der Waals surface area contributed by atoms with E-state index >= 15 is 0 Å². The van der Waals surface area contributed by atoms with E-state index in [-0.39, 0.29) is 0 Å². The van der Waals surface area contributed by atoms with Crippen LogP contribution < -0.4 is 0 Å². The lowest BCUT2D eigenvalue weighted by Gasteiger charge is -2.15. The van der Waals surface area contributed by atoms with Gasteiger partial charge >= 0.3 is 0 Å². The zero-order valence-corrected chi connectivity index (χ0v) is 14.8. The molecule has 1 rings (SSSR count). The fourth-order valence-electron chi connectivity index (χ4n) is 2.96. The quantitative estimate of drug-likeness (QED) is 0.353. The molecule has 0 radical (unpaired) electrons. The van der Waals surface area contributed by atoms with E-state index in [9.17, 15) is 4.79 Å². The molecule has 0 aromatic rings. The maximum atomic E-state index is 11.7. The molecule has 118 valence electrons. The molecule has 1 atom stereocenters. The highest BCUT2D eigenvalue weighted by atomic mass is 79.9. The van der Waals surface area contributed by atoms with Gasteiger partial charge in [0.2, 0.25) is 5.91 Å². The van der Waals surface area contributed by atoms with Crippen LogP contribution >= 0.6 is 15.9 Å². The van der Waals surface area contributed by atoms with Crippen LogP contribution in [0.5, 0.6) is 0 Å². The van der Waals surface area contributed by atoms with Gasteiger partial charge in [-0.15, -0.1) is 0 Å². The van der Waals surface area contributed by atoms with Crippen LogP contribution in [0.15, 0.2) is 0 Å². The van der Waals surface area contributed by atoms with Crippen molar-refractivity contribution < 1.29 is 4.79 Å². The predicted molar refractivity (Wildman–Crippen MR) is 90.3 cm³/mol. The van der Waals surface area contributed by atoms with Crippen LogP contribution in [-0.4, -0.2) is 29.2 Å². The van der Waals surface area contributed by atoms with Crippen molar-refractivity contribution in [3.63, 3.8) is 0 Å². The minimum atomic E-state index is 0.366. The summed E-state index contributed by atoms with van der Waals surface area (Å²) in [7, 11) is 0. The molecule has 0 aromatic carbocycles. The second-order valence-electron chi connectivity index (χ2n) is 6.25. The first kappa shape index (κ1) is 18.0. The van der Waals surface area contributed by atoms with Crippen LogP contribution in [0.4, 0.5) is 0 Å². The lowest BCUT2D eigenvalue weighted by Crippen LogP contribution is -2.26. The van der Waals surface area contributed by atoms with Gasteiger partial charge in [0.15, 0.2) is 0 Å². The second kappa shape index (κ2) is 11.6. The third-order valence-corrected chi connectivity index (χ3v) is 5.21. The van der Waals surface area contributed by atoms with Crippen LogP contribution in [-0.2, 0) is 4.79 Å². The van der Waals surface area contributed by atoms with Crippen molar-refractivity contribution in [3.8, 4) is 0 Å². The molecule has 1 aliphatic heterocycles. The minimum absolute atomic E-state index is 0.366. The number of nitrogens with zero attached hydrogens (tertiary/aromatic N) is 1. The van der Waals surface area contributed by atoms with Gasteiger partial charge in [-0.05, 0) is 12.3 Å². The second-order valence-corrected chi connectivity index (χ2v) is 6.89. The average Bonchev–Trinajstić information content (AvgIpc) is 2.81. The summed E-state index contributed by atoms with van der Waals surface area (Å²) in [5, 5.41) is 0.966. The summed E-state index contributed by atoms with van der Waals surface area (Å²) in [4.78, 5) is 13.8. The number of carbonyl (C=O) groups excluding carboxylic acids is 1. The number of hydrogen-bond acceptors (Lipinski definition) is 1. The highest BCUT2D eigenvalue weighted by Gasteiger charge is 2.27. The molecule has 1 fully saturated rings. The van der Waals surface area contributed by atoms with E-state index in [0.717, 1.165) is 24.8 Å². The number of unbranched alkanes of at least 4 members (excludes halogenated alkanes) is 9. The van der Waals surface area contributed by atoms with Crippen molar-refractivity contribution in [2.24, 2.45) is 5.92 Å². The van der Waals surface area contributed by atoms with Gasteiger partial charge in [0, 0.05) is 24.8 Å². The fraction of sp³-hybridized carbons (Fsp3) is 0.941. The van der Waals surface area contributed by atoms with Gasteiger partial charge in [-0.3, -0.25) is 4.79 Å². The summed E-state index contributed by atoms with van der Waals surface area (Å²) in [5.74, 6) is 0.913. The van der Waals surface area contributed by atoms with Crippen LogP contribution in [0.2, 0.25) is 0 Å². The van der Waals surface area contributed by atoms with Gasteiger partial charge in [0.05, 0.1) is 0 Å². The zero-order chi connectivity index (χ0) is 14.6. The van der Waals surface area contributed by atoms with Gasteiger partial charge in [-0.2, -0.15) is 0 Å². The summed E-state index contributed by atoms with van der Waals surface area (Å²) in [6, 6.07) is 0. The van der Waals surface area contributed by atoms with E-state index in [0.29, 0.717) is 11.8 Å². The number of hydrogen-bond donors (Lipinski definition) is 0. The van der Waals surface area contributed by atoms with Crippen LogP contribution in [0.3, 0.4) is 0 Å². The Morgan fingerprint density at radius 2 is 1.55 bits per heavy atom. The van der Waals surface area contributed by atoms with Gasteiger partial charge in [-0.25, -0.2) is 0 Å². The predicted octanol–water partition coefficient (Wildman–Crippen LogP) is 5.15. The number of likely N-dealkylation sites (tertiary alicyclic amines) is 1. The average molecular weight is 346 g/mol. The Morgan fingerprint density at radius 3 is 2.05 bits per heavy atom. The standard InChI is InChI=1S/C17H32BrNO/c1-2-3-4-5-6-7-8-9-10-11-12-19-15-16(14-18)13-17(19)20/h16H,2-15H2,1H3. The normalized spacial score (nSPS) is 19.0. The van der Waals surface area contributed by atoms with E-state index in [1.165, 1.54) is 64.2 Å². The van der Waals surface area contributed by atoms with Crippen molar-refractivity contribution >= 4 is 21.8 Å². The van der Waals surface area contributed by atoms with Gasteiger partial charge in [-0.1, -0.05) is 80.6 Å². The molecule has 0 saturated carbocycles. The summed E-state index contributed by atoms with van der Waals surface area (Å²) < 4.78 is 0. The fourth-order valence-corrected chi connectivity index (χ4v) is 3.40. The highest BCUT2D eigenvalue weighted by Crippen LogP contribution is 2.20. The molecule has 1 amide bonds. The lowest BCUT2D eigenvalue weighted by atomic mass is 10.1. The molecule has 3 heteroatoms. The number of halogens is 1. The molecular formula is C17H32BrNO. The highest BCUT2D eigenvalue weighted by molar-refractivity contribution is 9.09. The molecule has 1 aliphatic rings. The molecule has 1 saturated heterocycles. The smallest absolute Gasteiger partial charge is 0.222 e. The molecule has 1 unspecified atom stereocenters. The Balaban J connectivity index is 1.86. The van der Waals surface area contributed by atoms with E-state index < -0.39 is 0 Å². The Hall–Kier alpha value is -0.0500. The first-order chi connectivity index (χ1) is 9.77. The largest absolute Gasteiger partial charge is 0.342 e. The monoisotopic (exact) mass is 345 g/mol. The van der Waals surface area contributed by atoms with Gasteiger partial charge < -0.3 is 4.90 Å². The molecule has 0 N–H and O–H groups in total. The van der Waals surface area contributed by atoms with E-state index in [4.69, 9.17) is 0 Å². The Labute approximate surface area is 133 Å².